The Labute approximate surface area is 111 Å². The van der Waals surface area contributed by atoms with Crippen LogP contribution in [0.3, 0.4) is 0 Å². The molecule has 0 aromatic heterocycles. The van der Waals surface area contributed by atoms with E-state index in [1.54, 1.807) is 0 Å². The van der Waals surface area contributed by atoms with Crippen molar-refractivity contribution in [3.8, 4) is 5.75 Å². The van der Waals surface area contributed by atoms with Gasteiger partial charge in [0.1, 0.15) is 11.6 Å². The minimum Gasteiger partial charge on any atom is -0.507 e. The fourth-order valence-corrected chi connectivity index (χ4v) is 2.35. The van der Waals surface area contributed by atoms with Gasteiger partial charge in [-0.3, -0.25) is 9.69 Å². The summed E-state index contributed by atoms with van der Waals surface area (Å²) >= 11 is 0. The number of hydrogen-bond acceptors (Lipinski definition) is 4. The number of carbonyl (C=O) groups is 1. The van der Waals surface area contributed by atoms with Gasteiger partial charge in [-0.05, 0) is 50.0 Å². The molecule has 2 N–H and O–H groups in total. The topological polar surface area (TPSA) is 60.8 Å². The van der Waals surface area contributed by atoms with E-state index < -0.39 is 5.82 Å². The number of carbonyl (C=O) groups excluding carboxylic acids is 1. The van der Waals surface area contributed by atoms with E-state index in [9.17, 15) is 14.3 Å². The minimum absolute atomic E-state index is 0.0317. The Morgan fingerprint density at radius 2 is 2.05 bits per heavy atom. The summed E-state index contributed by atoms with van der Waals surface area (Å²) in [4.78, 5) is 14.0. The lowest BCUT2D eigenvalue weighted by Crippen LogP contribution is -2.38. The van der Waals surface area contributed by atoms with Crippen LogP contribution in [0.25, 0.3) is 0 Å². The molecule has 4 nitrogen and oxygen atoms in total. The van der Waals surface area contributed by atoms with Crippen molar-refractivity contribution >= 4 is 5.78 Å². The SMILES string of the molecule is O=C(CN1CCC(CO)CC1)c1cc(F)ccc1O. The number of aromatic hydroxyl groups is 1. The van der Waals surface area contributed by atoms with Gasteiger partial charge in [-0.15, -0.1) is 0 Å². The lowest BCUT2D eigenvalue weighted by Gasteiger charge is -2.30. The number of benzene rings is 1. The van der Waals surface area contributed by atoms with Crippen LogP contribution in [-0.2, 0) is 0 Å². The minimum atomic E-state index is -0.528. The number of phenols is 1. The molecule has 1 fully saturated rings. The van der Waals surface area contributed by atoms with E-state index in [0.29, 0.717) is 5.92 Å². The molecule has 0 aliphatic carbocycles. The highest BCUT2D eigenvalue weighted by Crippen LogP contribution is 2.21. The van der Waals surface area contributed by atoms with Gasteiger partial charge >= 0.3 is 0 Å². The highest BCUT2D eigenvalue weighted by Gasteiger charge is 2.22. The van der Waals surface area contributed by atoms with Crippen LogP contribution in [-0.4, -0.2) is 47.1 Å². The lowest BCUT2D eigenvalue weighted by atomic mass is 9.97. The van der Waals surface area contributed by atoms with Gasteiger partial charge in [-0.1, -0.05) is 0 Å². The summed E-state index contributed by atoms with van der Waals surface area (Å²) in [5, 5.41) is 18.6. The van der Waals surface area contributed by atoms with Crippen molar-refractivity contribution in [1.82, 2.24) is 4.90 Å². The standard InChI is InChI=1S/C14H18FNO3/c15-11-1-2-13(18)12(7-11)14(19)8-16-5-3-10(9-17)4-6-16/h1-2,7,10,17-18H,3-6,8-9H2. The van der Waals surface area contributed by atoms with E-state index in [1.165, 1.54) is 6.07 Å². The molecule has 104 valence electrons. The van der Waals surface area contributed by atoms with Gasteiger partial charge in [0.15, 0.2) is 5.78 Å². The molecule has 5 heteroatoms. The Bertz CT molecular complexity index is 456. The van der Waals surface area contributed by atoms with Crippen LogP contribution < -0.4 is 0 Å². The Morgan fingerprint density at radius 1 is 1.37 bits per heavy atom. The van der Waals surface area contributed by atoms with Gasteiger partial charge in [-0.25, -0.2) is 4.39 Å². The number of hydrogen-bond donors (Lipinski definition) is 2. The first-order valence-electron chi connectivity index (χ1n) is 6.45. The molecule has 1 aromatic rings. The monoisotopic (exact) mass is 267 g/mol. The molecule has 0 amide bonds. The third-order valence-electron chi connectivity index (χ3n) is 3.59. The molecule has 0 unspecified atom stereocenters. The highest BCUT2D eigenvalue weighted by molar-refractivity contribution is 6.00. The average Bonchev–Trinajstić information content (AvgIpc) is 2.42. The van der Waals surface area contributed by atoms with Gasteiger partial charge in [-0.2, -0.15) is 0 Å². The number of ketones is 1. The van der Waals surface area contributed by atoms with Gasteiger partial charge < -0.3 is 10.2 Å². The molecular weight excluding hydrogens is 249 g/mol. The van der Waals surface area contributed by atoms with Crippen molar-refractivity contribution in [3.05, 3.63) is 29.6 Å². The van der Waals surface area contributed by atoms with Crippen LogP contribution in [0.4, 0.5) is 4.39 Å². The normalized spacial score (nSPS) is 17.6. The molecule has 1 aromatic carbocycles. The molecule has 0 bridgehead atoms. The maximum atomic E-state index is 13.1. The smallest absolute Gasteiger partial charge is 0.180 e. The summed E-state index contributed by atoms with van der Waals surface area (Å²) < 4.78 is 13.1. The Hall–Kier alpha value is -1.46. The number of Topliss-reactive ketones (excluding diaryl/α,β-unsaturated/α-hetero) is 1. The number of aliphatic hydroxyl groups excluding tert-OH is 1. The van der Waals surface area contributed by atoms with E-state index in [2.05, 4.69) is 0 Å². The number of aliphatic hydroxyl groups is 1. The molecule has 0 radical (unpaired) electrons. The molecule has 0 spiro atoms. The first-order valence-corrected chi connectivity index (χ1v) is 6.45. The van der Waals surface area contributed by atoms with E-state index in [1.807, 2.05) is 4.90 Å². The number of halogens is 1. The van der Waals surface area contributed by atoms with Crippen LogP contribution >= 0.6 is 0 Å². The third-order valence-corrected chi connectivity index (χ3v) is 3.59. The summed E-state index contributed by atoms with van der Waals surface area (Å²) in [5.41, 5.74) is 0.0317. The maximum Gasteiger partial charge on any atom is 0.180 e. The zero-order valence-corrected chi connectivity index (χ0v) is 10.7. The number of likely N-dealkylation sites (tertiary alicyclic amines) is 1. The van der Waals surface area contributed by atoms with E-state index in [0.717, 1.165) is 38.1 Å². The van der Waals surface area contributed by atoms with Gasteiger partial charge in [0.2, 0.25) is 0 Å². The van der Waals surface area contributed by atoms with Gasteiger partial charge in [0.25, 0.3) is 0 Å². The molecule has 1 aliphatic rings. The van der Waals surface area contributed by atoms with E-state index in [4.69, 9.17) is 5.11 Å². The average molecular weight is 267 g/mol. The predicted molar refractivity (Wildman–Crippen MR) is 68.6 cm³/mol. The van der Waals surface area contributed by atoms with Crippen LogP contribution in [0.5, 0.6) is 5.75 Å². The maximum absolute atomic E-state index is 13.1. The Kier molecular flexibility index (Phi) is 4.50. The number of rotatable bonds is 4. The van der Waals surface area contributed by atoms with Crippen LogP contribution in [0.2, 0.25) is 0 Å². The van der Waals surface area contributed by atoms with E-state index >= 15 is 0 Å². The molecule has 19 heavy (non-hydrogen) atoms. The molecule has 1 heterocycles. The summed E-state index contributed by atoms with van der Waals surface area (Å²) in [6.07, 6.45) is 1.72. The highest BCUT2D eigenvalue weighted by atomic mass is 19.1. The van der Waals surface area contributed by atoms with Crippen molar-refractivity contribution in [2.45, 2.75) is 12.8 Å². The molecule has 1 aliphatic heterocycles. The van der Waals surface area contributed by atoms with E-state index in [-0.39, 0.29) is 30.2 Å². The second kappa shape index (κ2) is 6.12. The quantitative estimate of drug-likeness (QED) is 0.810. The van der Waals surface area contributed by atoms with Crippen molar-refractivity contribution < 1.29 is 19.4 Å². The zero-order valence-electron chi connectivity index (χ0n) is 10.7. The molecular formula is C14H18FNO3. The van der Waals surface area contributed by atoms with Gasteiger partial charge in [0.05, 0.1) is 12.1 Å². The molecule has 1 saturated heterocycles. The summed E-state index contributed by atoms with van der Waals surface area (Å²) in [7, 11) is 0. The summed E-state index contributed by atoms with van der Waals surface area (Å²) in [5.74, 6) is -0.676. The van der Waals surface area contributed by atoms with Crippen molar-refractivity contribution in [2.75, 3.05) is 26.2 Å². The van der Waals surface area contributed by atoms with Crippen molar-refractivity contribution in [2.24, 2.45) is 5.92 Å². The largest absolute Gasteiger partial charge is 0.507 e. The zero-order chi connectivity index (χ0) is 13.8. The molecule has 0 atom stereocenters. The van der Waals surface area contributed by atoms with Crippen LogP contribution in [0, 0.1) is 11.7 Å². The number of nitrogens with zero attached hydrogens (tertiary/aromatic N) is 1. The van der Waals surface area contributed by atoms with Crippen molar-refractivity contribution in [3.63, 3.8) is 0 Å². The third kappa shape index (κ3) is 3.52. The fourth-order valence-electron chi connectivity index (χ4n) is 2.35. The second-order valence-electron chi connectivity index (χ2n) is 4.99. The van der Waals surface area contributed by atoms with Crippen LogP contribution in [0.15, 0.2) is 18.2 Å². The first-order chi connectivity index (χ1) is 9.10. The predicted octanol–water partition coefficient (Wildman–Crippen LogP) is 1.42. The second-order valence-corrected chi connectivity index (χ2v) is 4.99. The number of phenolic OH excluding ortho intramolecular Hbond substituents is 1. The molecule has 0 saturated carbocycles. The van der Waals surface area contributed by atoms with Gasteiger partial charge in [0, 0.05) is 6.61 Å². The summed E-state index contributed by atoms with van der Waals surface area (Å²) in [6.45, 7) is 1.85. The fraction of sp³-hybridized carbons (Fsp3) is 0.500. The lowest BCUT2D eigenvalue weighted by molar-refractivity contribution is 0.0861. The first kappa shape index (κ1) is 14.0. The van der Waals surface area contributed by atoms with Crippen molar-refractivity contribution in [1.29, 1.82) is 0 Å². The Balaban J connectivity index is 1.96. The number of piperidine rings is 1. The Morgan fingerprint density at radius 3 is 2.68 bits per heavy atom. The summed E-state index contributed by atoms with van der Waals surface area (Å²) in [6, 6.07) is 3.39. The molecule has 2 rings (SSSR count). The van der Waals surface area contributed by atoms with Crippen LogP contribution in [0.1, 0.15) is 23.2 Å².